The van der Waals surface area contributed by atoms with Crippen molar-refractivity contribution in [3.63, 3.8) is 0 Å². The molecule has 4 atom stereocenters. The number of piperidine rings is 1. The fourth-order valence-electron chi connectivity index (χ4n) is 2.98. The number of likely N-dealkylation sites (tertiary alicyclic amines) is 1. The van der Waals surface area contributed by atoms with E-state index in [9.17, 15) is 32.7 Å². The third-order valence-corrected chi connectivity index (χ3v) is 4.25. The first-order valence-corrected chi connectivity index (χ1v) is 6.76. The molecule has 1 heterocycles. The van der Waals surface area contributed by atoms with Crippen molar-refractivity contribution in [1.29, 1.82) is 0 Å². The van der Waals surface area contributed by atoms with Crippen LogP contribution in [-0.4, -0.2) is 52.6 Å². The van der Waals surface area contributed by atoms with E-state index in [1.807, 2.05) is 0 Å². The fraction of sp³-hybridized carbons (Fsp3) is 0.812. The van der Waals surface area contributed by atoms with Crippen LogP contribution < -0.4 is 5.32 Å². The second-order valence-electron chi connectivity index (χ2n) is 5.99. The molecule has 1 saturated carbocycles. The third kappa shape index (κ3) is 3.32. The first-order valence-electron chi connectivity index (χ1n) is 14.3. The molecule has 142 valence electrons. The highest BCUT2D eigenvalue weighted by Crippen LogP contribution is 2.65. The molecule has 0 aromatic carbocycles. The van der Waals surface area contributed by atoms with Gasteiger partial charge in [0.05, 0.1) is 0 Å². The molecule has 2 rings (SSSR count). The Labute approximate surface area is 164 Å². The van der Waals surface area contributed by atoms with E-state index in [1.165, 1.54) is 0 Å². The molecule has 9 heteroatoms. The highest BCUT2D eigenvalue weighted by atomic mass is 19.4. The van der Waals surface area contributed by atoms with Gasteiger partial charge >= 0.3 is 18.1 Å². The Morgan fingerprint density at radius 3 is 2.32 bits per heavy atom. The first-order chi connectivity index (χ1) is 17.3. The molecular formula is C16H23F3N2O4. The average molecular weight is 379 g/mol. The molecule has 2 N–H and O–H groups in total. The van der Waals surface area contributed by atoms with Crippen molar-refractivity contribution in [3.05, 3.63) is 0 Å². The van der Waals surface area contributed by atoms with Crippen LogP contribution >= 0.6 is 0 Å². The van der Waals surface area contributed by atoms with E-state index < -0.39 is 99.5 Å². The summed E-state index contributed by atoms with van der Waals surface area (Å²) in [6, 6.07) is -6.07. The molecule has 0 radical (unpaired) electrons. The van der Waals surface area contributed by atoms with Gasteiger partial charge in [0.15, 0.2) is 0 Å². The Kier molecular flexibility index (Phi) is 1.67. The number of fused-ring (bicyclic) bond motifs is 1. The van der Waals surface area contributed by atoms with E-state index in [1.54, 1.807) is 0 Å². The molecule has 1 aliphatic carbocycles. The summed E-state index contributed by atoms with van der Waals surface area (Å²) in [6.45, 7) is -20.9. The number of alkyl halides is 3. The molecule has 2 aliphatic rings. The minimum absolute atomic E-state index is 0.00663. The summed E-state index contributed by atoms with van der Waals surface area (Å²) in [4.78, 5) is 37.7. The Balaban J connectivity index is 2.84. The number of nitrogens with one attached hydrogen (secondary N) is 1. The van der Waals surface area contributed by atoms with Crippen molar-refractivity contribution in [2.45, 2.75) is 52.5 Å². The van der Waals surface area contributed by atoms with E-state index in [0.717, 1.165) is 5.32 Å². The second kappa shape index (κ2) is 5.60. The van der Waals surface area contributed by atoms with Crippen LogP contribution in [0, 0.1) is 22.7 Å². The quantitative estimate of drug-likeness (QED) is 0.781. The summed E-state index contributed by atoms with van der Waals surface area (Å²) in [5.41, 5.74) is -7.17. The summed E-state index contributed by atoms with van der Waals surface area (Å²) in [7, 11) is 0. The lowest BCUT2D eigenvalue weighted by atomic mass is 9.85. The zero-order chi connectivity index (χ0) is 32.0. The number of carbonyl (C=O) groups excluding carboxylic acids is 2. The van der Waals surface area contributed by atoms with Crippen LogP contribution in [0.2, 0.25) is 0 Å². The van der Waals surface area contributed by atoms with Crippen molar-refractivity contribution in [3.8, 4) is 0 Å². The number of carboxylic acids is 1. The number of rotatable bonds is 3. The molecule has 2 fully saturated rings. The van der Waals surface area contributed by atoms with Crippen molar-refractivity contribution < 1.29 is 53.2 Å². The normalized spacial score (nSPS) is 40.4. The highest BCUT2D eigenvalue weighted by molar-refractivity contribution is 5.93. The largest absolute Gasteiger partial charge is 0.480 e. The molecule has 0 aromatic rings. The summed E-state index contributed by atoms with van der Waals surface area (Å²) in [5, 5.41) is 10.6. The number of halogens is 3. The lowest BCUT2D eigenvalue weighted by Crippen LogP contribution is -2.59. The van der Waals surface area contributed by atoms with E-state index >= 15 is 0 Å². The van der Waals surface area contributed by atoms with Crippen molar-refractivity contribution in [2.24, 2.45) is 22.7 Å². The minimum Gasteiger partial charge on any atom is -0.480 e. The van der Waals surface area contributed by atoms with Gasteiger partial charge in [-0.25, -0.2) is 4.79 Å². The van der Waals surface area contributed by atoms with Crippen LogP contribution in [-0.2, 0) is 14.4 Å². The third-order valence-electron chi connectivity index (χ3n) is 4.25. The number of hydrogen-bond donors (Lipinski definition) is 2. The molecule has 2 amide bonds. The molecule has 0 spiro atoms. The Morgan fingerprint density at radius 1 is 1.28 bits per heavy atom. The lowest BCUT2D eigenvalue weighted by Gasteiger charge is -2.36. The number of carbonyl (C=O) groups is 3. The van der Waals surface area contributed by atoms with Crippen LogP contribution in [0.15, 0.2) is 0 Å². The Morgan fingerprint density at radius 2 is 1.88 bits per heavy atom. The maximum Gasteiger partial charge on any atom is 0.471 e. The van der Waals surface area contributed by atoms with Crippen LogP contribution in [0.3, 0.4) is 0 Å². The van der Waals surface area contributed by atoms with Gasteiger partial charge in [-0.05, 0) is 16.7 Å². The summed E-state index contributed by atoms with van der Waals surface area (Å²) < 4.78 is 155. The van der Waals surface area contributed by atoms with E-state index in [-0.39, 0.29) is 4.90 Å². The first kappa shape index (κ1) is 7.44. The number of nitrogens with zero attached hydrogens (tertiary/aromatic N) is 1. The number of carboxylic acid groups (broad SMARTS) is 1. The van der Waals surface area contributed by atoms with Gasteiger partial charge in [-0.2, -0.15) is 13.2 Å². The van der Waals surface area contributed by atoms with Gasteiger partial charge in [0.1, 0.15) is 12.1 Å². The molecule has 6 nitrogen and oxygen atoms in total. The van der Waals surface area contributed by atoms with Crippen molar-refractivity contribution in [1.82, 2.24) is 10.2 Å². The second-order valence-corrected chi connectivity index (χ2v) is 5.99. The van der Waals surface area contributed by atoms with Crippen LogP contribution in [0.4, 0.5) is 13.2 Å². The number of aliphatic carboxylic acids is 1. The van der Waals surface area contributed by atoms with Gasteiger partial charge in [0, 0.05) is 33.0 Å². The summed E-state index contributed by atoms with van der Waals surface area (Å²) in [5.74, 6) is -11.0. The molecule has 1 saturated heterocycles. The van der Waals surface area contributed by atoms with E-state index in [4.69, 9.17) is 20.6 Å². The zero-order valence-electron chi connectivity index (χ0n) is 27.3. The maximum absolute atomic E-state index is 13.6. The van der Waals surface area contributed by atoms with Gasteiger partial charge in [-0.3, -0.25) is 9.59 Å². The van der Waals surface area contributed by atoms with E-state index in [2.05, 4.69) is 0 Å². The van der Waals surface area contributed by atoms with Crippen LogP contribution in [0.25, 0.3) is 0 Å². The lowest BCUT2D eigenvalue weighted by molar-refractivity contribution is -0.176. The van der Waals surface area contributed by atoms with Gasteiger partial charge in [0.25, 0.3) is 0 Å². The van der Waals surface area contributed by atoms with Gasteiger partial charge in [0.2, 0.25) is 5.91 Å². The number of amides is 2. The predicted octanol–water partition coefficient (Wildman–Crippen LogP) is 1.65. The van der Waals surface area contributed by atoms with E-state index in [0.29, 0.717) is 0 Å². The maximum atomic E-state index is 13.6. The average Bonchev–Trinajstić information content (AvgIpc) is 3.17. The Hall–Kier alpha value is -1.80. The minimum atomic E-state index is -5.92. The monoisotopic (exact) mass is 379 g/mol. The van der Waals surface area contributed by atoms with Crippen molar-refractivity contribution in [2.75, 3.05) is 6.54 Å². The van der Waals surface area contributed by atoms with Crippen LogP contribution in [0.5, 0.6) is 0 Å². The predicted molar refractivity (Wildman–Crippen MR) is 81.3 cm³/mol. The molecule has 0 unspecified atom stereocenters. The summed E-state index contributed by atoms with van der Waals surface area (Å²) in [6.07, 6.45) is -5.92. The topological polar surface area (TPSA) is 86.7 Å². The number of hydrogen-bond acceptors (Lipinski definition) is 3. The smallest absolute Gasteiger partial charge is 0.471 e. The van der Waals surface area contributed by atoms with Crippen molar-refractivity contribution >= 4 is 17.8 Å². The molecular weight excluding hydrogens is 341 g/mol. The standard InChI is InChI=1S/C16H23F3N2O4/c1-14(2,3)10(20-13(25)16(17,18)19)11(22)21-6-7-8(15(7,4)5)9(21)12(23)24/h7-10H,6H2,1-5H3,(H,20,25)(H,23,24)/t7-,8-,9-,10+/m0/s1/i1D3,2D3,3D3,4D3,5D3. The summed E-state index contributed by atoms with van der Waals surface area (Å²) >= 11 is 0. The van der Waals surface area contributed by atoms with Gasteiger partial charge < -0.3 is 15.3 Å². The molecule has 1 aliphatic heterocycles. The molecule has 0 aromatic heterocycles. The van der Waals surface area contributed by atoms with Crippen LogP contribution in [0.1, 0.15) is 54.8 Å². The SMILES string of the molecule is [2H]C([2H])([2H])C1(C([2H])([2H])[2H])[C@@H]2[C@@H](C(=O)O)N(C(=O)[C@@H](NC(=O)C(F)(F)F)C(C([2H])([2H])[2H])(C([2H])([2H])[2H])C([2H])([2H])[2H])C[C@@H]21. The van der Waals surface area contributed by atoms with Gasteiger partial charge in [-0.1, -0.05) is 34.3 Å². The molecule has 0 bridgehead atoms. The fourth-order valence-corrected chi connectivity index (χ4v) is 2.98. The highest BCUT2D eigenvalue weighted by Gasteiger charge is 2.70. The zero-order valence-corrected chi connectivity index (χ0v) is 12.3. The van der Waals surface area contributed by atoms with Gasteiger partial charge in [-0.15, -0.1) is 0 Å². The molecule has 25 heavy (non-hydrogen) atoms. The Bertz CT molecular complexity index is 1010.